The third-order valence-corrected chi connectivity index (χ3v) is 5.88. The molecule has 0 bridgehead atoms. The fraction of sp³-hybridized carbons (Fsp3) is 0.562. The second-order valence-electron chi connectivity index (χ2n) is 5.84. The molecule has 1 aliphatic heterocycles. The van der Waals surface area contributed by atoms with E-state index in [0.717, 1.165) is 19.6 Å². The first kappa shape index (κ1) is 16.0. The molecule has 1 heterocycles. The van der Waals surface area contributed by atoms with Crippen LogP contribution in [0.5, 0.6) is 0 Å². The molecule has 1 unspecified atom stereocenters. The molecule has 0 radical (unpaired) electrons. The van der Waals surface area contributed by atoms with Gasteiger partial charge in [0.05, 0.1) is 16.8 Å². The van der Waals surface area contributed by atoms with Crippen LogP contribution in [0.4, 0.5) is 4.79 Å². The molecule has 0 aliphatic carbocycles. The molecule has 0 aromatic heterocycles. The molecule has 21 heavy (non-hydrogen) atoms. The van der Waals surface area contributed by atoms with Crippen LogP contribution in [-0.2, 0) is 4.74 Å². The standard InChI is InChI=1S/C16H26N2O2Si/c1-12(2)13-7-5-6-8-14(13)15-11-17(16(19)20-3)9-10-18(15)21-4/h5-8,12,15H,9-11,21H2,1-4H3. The van der Waals surface area contributed by atoms with E-state index < -0.39 is 0 Å². The zero-order valence-electron chi connectivity index (χ0n) is 13.5. The number of methoxy groups -OCH3 is 1. The summed E-state index contributed by atoms with van der Waals surface area (Å²) < 4.78 is 7.48. The predicted octanol–water partition coefficient (Wildman–Crippen LogP) is 2.37. The molecule has 1 saturated heterocycles. The minimum atomic E-state index is -0.263. The topological polar surface area (TPSA) is 32.8 Å². The maximum absolute atomic E-state index is 11.9. The van der Waals surface area contributed by atoms with Gasteiger partial charge in [0.2, 0.25) is 0 Å². The summed E-state index contributed by atoms with van der Waals surface area (Å²) in [5.74, 6) is 0.495. The lowest BCUT2D eigenvalue weighted by Crippen LogP contribution is -2.51. The van der Waals surface area contributed by atoms with Gasteiger partial charge in [-0.15, -0.1) is 0 Å². The van der Waals surface area contributed by atoms with Gasteiger partial charge in [0.15, 0.2) is 0 Å². The number of carbonyl (C=O) groups excluding carboxylic acids is 1. The van der Waals surface area contributed by atoms with Crippen molar-refractivity contribution in [1.82, 2.24) is 9.47 Å². The third-order valence-electron chi connectivity index (χ3n) is 4.31. The maximum Gasteiger partial charge on any atom is 0.409 e. The fourth-order valence-electron chi connectivity index (χ4n) is 3.13. The molecule has 1 aromatic carbocycles. The van der Waals surface area contributed by atoms with E-state index in [9.17, 15) is 4.79 Å². The van der Waals surface area contributed by atoms with E-state index in [1.165, 1.54) is 18.2 Å². The lowest BCUT2D eigenvalue weighted by atomic mass is 9.92. The van der Waals surface area contributed by atoms with Crippen LogP contribution in [0, 0.1) is 0 Å². The predicted molar refractivity (Wildman–Crippen MR) is 88.4 cm³/mol. The molecule has 5 heteroatoms. The Labute approximate surface area is 130 Å². The Morgan fingerprint density at radius 2 is 2.05 bits per heavy atom. The van der Waals surface area contributed by atoms with Crippen LogP contribution < -0.4 is 0 Å². The summed E-state index contributed by atoms with van der Waals surface area (Å²) in [7, 11) is 1.20. The average molecular weight is 306 g/mol. The maximum atomic E-state index is 11.9. The van der Waals surface area contributed by atoms with Gasteiger partial charge in [-0.05, 0) is 17.0 Å². The summed E-state index contributed by atoms with van der Waals surface area (Å²) in [4.78, 5) is 13.7. The Bertz CT molecular complexity index is 493. The van der Waals surface area contributed by atoms with E-state index in [0.29, 0.717) is 12.0 Å². The van der Waals surface area contributed by atoms with Gasteiger partial charge in [-0.1, -0.05) is 44.7 Å². The normalized spacial score (nSPS) is 20.4. The molecule has 116 valence electrons. The number of hydrogen-bond acceptors (Lipinski definition) is 3. The molecule has 1 aliphatic rings. The van der Waals surface area contributed by atoms with Crippen molar-refractivity contribution in [1.29, 1.82) is 0 Å². The third kappa shape index (κ3) is 3.47. The Hall–Kier alpha value is -1.33. The van der Waals surface area contributed by atoms with Crippen LogP contribution in [0.1, 0.15) is 36.9 Å². The molecule has 4 nitrogen and oxygen atoms in total. The van der Waals surface area contributed by atoms with Gasteiger partial charge in [0.25, 0.3) is 0 Å². The first-order valence-corrected chi connectivity index (χ1v) is 9.78. The van der Waals surface area contributed by atoms with Crippen LogP contribution in [-0.4, -0.2) is 52.0 Å². The van der Waals surface area contributed by atoms with Gasteiger partial charge < -0.3 is 14.2 Å². The zero-order chi connectivity index (χ0) is 15.4. The molecule has 0 saturated carbocycles. The Balaban J connectivity index is 2.31. The zero-order valence-corrected chi connectivity index (χ0v) is 14.9. The van der Waals surface area contributed by atoms with E-state index in [1.54, 1.807) is 0 Å². The van der Waals surface area contributed by atoms with E-state index in [-0.39, 0.29) is 15.8 Å². The number of rotatable bonds is 3. The number of piperazine rings is 1. The minimum Gasteiger partial charge on any atom is -0.453 e. The summed E-state index contributed by atoms with van der Waals surface area (Å²) in [6, 6.07) is 8.96. The SMILES string of the molecule is COC(=O)N1CCN([SiH2]C)C(c2ccccc2C(C)C)C1. The highest BCUT2D eigenvalue weighted by Gasteiger charge is 2.31. The number of carbonyl (C=O) groups is 1. The van der Waals surface area contributed by atoms with Crippen molar-refractivity contribution < 1.29 is 9.53 Å². The van der Waals surface area contributed by atoms with Crippen molar-refractivity contribution in [2.45, 2.75) is 32.4 Å². The van der Waals surface area contributed by atoms with Crippen molar-refractivity contribution in [2.75, 3.05) is 26.7 Å². The highest BCUT2D eigenvalue weighted by molar-refractivity contribution is 6.30. The summed E-state index contributed by atoms with van der Waals surface area (Å²) in [6.07, 6.45) is -0.209. The quantitative estimate of drug-likeness (QED) is 0.804. The first-order valence-electron chi connectivity index (χ1n) is 7.74. The average Bonchev–Trinajstić information content (AvgIpc) is 2.53. The number of nitrogens with zero attached hydrogens (tertiary/aromatic N) is 2. The van der Waals surface area contributed by atoms with Gasteiger partial charge in [0.1, 0.15) is 0 Å². The van der Waals surface area contributed by atoms with Crippen molar-refractivity contribution in [3.63, 3.8) is 0 Å². The Morgan fingerprint density at radius 3 is 2.67 bits per heavy atom. The highest BCUT2D eigenvalue weighted by atomic mass is 28.2. The second-order valence-corrected chi connectivity index (χ2v) is 7.29. The van der Waals surface area contributed by atoms with Crippen LogP contribution in [0.3, 0.4) is 0 Å². The van der Waals surface area contributed by atoms with E-state index in [4.69, 9.17) is 4.74 Å². The lowest BCUT2D eigenvalue weighted by molar-refractivity contribution is 0.0897. The molecule has 0 spiro atoms. The summed E-state index contributed by atoms with van der Waals surface area (Å²) >= 11 is 0. The van der Waals surface area contributed by atoms with Gasteiger partial charge in [-0.25, -0.2) is 4.79 Å². The Morgan fingerprint density at radius 1 is 1.33 bits per heavy atom. The highest BCUT2D eigenvalue weighted by Crippen LogP contribution is 2.31. The van der Waals surface area contributed by atoms with Gasteiger partial charge in [0, 0.05) is 25.7 Å². The fourth-order valence-corrected chi connectivity index (χ4v) is 4.34. The first-order chi connectivity index (χ1) is 10.1. The molecule has 1 atom stereocenters. The van der Waals surface area contributed by atoms with E-state index in [1.807, 2.05) is 4.90 Å². The molecular formula is C16H26N2O2Si. The van der Waals surface area contributed by atoms with Gasteiger partial charge >= 0.3 is 6.09 Å². The lowest BCUT2D eigenvalue weighted by Gasteiger charge is -2.41. The van der Waals surface area contributed by atoms with E-state index >= 15 is 0 Å². The smallest absolute Gasteiger partial charge is 0.409 e. The summed E-state index contributed by atoms with van der Waals surface area (Å²) in [6.45, 7) is 9.24. The van der Waals surface area contributed by atoms with Gasteiger partial charge in [-0.3, -0.25) is 0 Å². The minimum absolute atomic E-state index is 0.209. The number of ether oxygens (including phenoxy) is 1. The largest absolute Gasteiger partial charge is 0.453 e. The van der Waals surface area contributed by atoms with Crippen molar-refractivity contribution in [3.8, 4) is 0 Å². The molecule has 0 N–H and O–H groups in total. The number of benzene rings is 1. The van der Waals surface area contributed by atoms with Crippen LogP contribution in [0.25, 0.3) is 0 Å². The Kier molecular flexibility index (Phi) is 5.42. The molecule has 2 rings (SSSR count). The van der Waals surface area contributed by atoms with Gasteiger partial charge in [-0.2, -0.15) is 0 Å². The molecule has 1 fully saturated rings. The summed E-state index contributed by atoms with van der Waals surface area (Å²) in [5.41, 5.74) is 2.76. The molecular weight excluding hydrogens is 280 g/mol. The van der Waals surface area contributed by atoms with Crippen LogP contribution in [0.15, 0.2) is 24.3 Å². The van der Waals surface area contributed by atoms with E-state index in [2.05, 4.69) is 49.2 Å². The van der Waals surface area contributed by atoms with Crippen LogP contribution in [0.2, 0.25) is 6.55 Å². The second kappa shape index (κ2) is 7.09. The summed E-state index contributed by atoms with van der Waals surface area (Å²) in [5, 5.41) is 0. The van der Waals surface area contributed by atoms with Crippen LogP contribution >= 0.6 is 0 Å². The molecule has 1 aromatic rings. The monoisotopic (exact) mass is 306 g/mol. The van der Waals surface area contributed by atoms with Crippen molar-refractivity contribution in [3.05, 3.63) is 35.4 Å². The number of amides is 1. The molecule has 1 amide bonds. The van der Waals surface area contributed by atoms with Crippen molar-refractivity contribution >= 4 is 15.8 Å². The van der Waals surface area contributed by atoms with Crippen molar-refractivity contribution in [2.24, 2.45) is 0 Å². The number of hydrogen-bond donors (Lipinski definition) is 0.